The van der Waals surface area contributed by atoms with Crippen LogP contribution < -0.4 is 20.8 Å². The van der Waals surface area contributed by atoms with E-state index in [9.17, 15) is 14.4 Å². The average molecular weight is 457 g/mol. The maximum absolute atomic E-state index is 12.7. The van der Waals surface area contributed by atoms with Gasteiger partial charge in [-0.1, -0.05) is 54.6 Å². The van der Waals surface area contributed by atoms with Gasteiger partial charge in [0.25, 0.3) is 5.91 Å². The number of benzene rings is 3. The first kappa shape index (κ1) is 23.9. The monoisotopic (exact) mass is 456 g/mol. The Morgan fingerprint density at radius 3 is 2.47 bits per heavy atom. The first-order valence-corrected chi connectivity index (χ1v) is 10.4. The molecule has 0 aliphatic rings. The Morgan fingerprint density at radius 1 is 0.941 bits per heavy atom. The van der Waals surface area contributed by atoms with Crippen LogP contribution in [-0.4, -0.2) is 30.5 Å². The predicted octanol–water partition coefficient (Wildman–Crippen LogP) is 3.90. The highest BCUT2D eigenvalue weighted by Gasteiger charge is 2.17. The number of anilines is 2. The van der Waals surface area contributed by atoms with Gasteiger partial charge in [0.1, 0.15) is 12.4 Å². The Bertz CT molecular complexity index is 1220. The summed E-state index contributed by atoms with van der Waals surface area (Å²) in [5.41, 5.74) is 4.92. The lowest BCUT2D eigenvalue weighted by molar-refractivity contribution is -0.136. The molecule has 3 aromatic carbocycles. The van der Waals surface area contributed by atoms with Gasteiger partial charge in [-0.25, -0.2) is 5.43 Å². The van der Waals surface area contributed by atoms with E-state index in [1.54, 1.807) is 60.7 Å². The van der Waals surface area contributed by atoms with Crippen molar-refractivity contribution in [1.29, 1.82) is 0 Å². The molecule has 8 nitrogen and oxygen atoms in total. The minimum atomic E-state index is -0.982. The first-order chi connectivity index (χ1) is 16.5. The molecule has 0 saturated carbocycles. The van der Waals surface area contributed by atoms with Crippen LogP contribution in [0.5, 0.6) is 5.75 Å². The summed E-state index contributed by atoms with van der Waals surface area (Å²) in [6.07, 6.45) is 3.01. The van der Waals surface area contributed by atoms with E-state index in [0.717, 1.165) is 5.56 Å². The number of amides is 3. The maximum atomic E-state index is 12.7. The van der Waals surface area contributed by atoms with E-state index in [1.807, 2.05) is 19.1 Å². The molecule has 0 fully saturated rings. The number of carbonyl (C=O) groups is 3. The molecule has 0 heterocycles. The zero-order chi connectivity index (χ0) is 24.3. The van der Waals surface area contributed by atoms with Crippen LogP contribution in [0.1, 0.15) is 21.5 Å². The number of aryl methyl sites for hydroxylation is 1. The van der Waals surface area contributed by atoms with E-state index in [-0.39, 0.29) is 11.3 Å². The van der Waals surface area contributed by atoms with E-state index >= 15 is 0 Å². The minimum absolute atomic E-state index is 0.198. The fourth-order valence-electron chi connectivity index (χ4n) is 2.86. The van der Waals surface area contributed by atoms with E-state index in [4.69, 9.17) is 4.74 Å². The number of para-hydroxylation sites is 1. The van der Waals surface area contributed by atoms with Gasteiger partial charge in [0, 0.05) is 5.69 Å². The number of hydrogen-bond acceptors (Lipinski definition) is 5. The van der Waals surface area contributed by atoms with Gasteiger partial charge < -0.3 is 15.4 Å². The summed E-state index contributed by atoms with van der Waals surface area (Å²) in [6, 6.07) is 20.7. The number of hydrogen-bond donors (Lipinski definition) is 3. The second-order valence-electron chi connectivity index (χ2n) is 7.19. The van der Waals surface area contributed by atoms with Crippen molar-refractivity contribution in [2.45, 2.75) is 6.92 Å². The van der Waals surface area contributed by atoms with Crippen LogP contribution in [0.2, 0.25) is 0 Å². The van der Waals surface area contributed by atoms with Crippen molar-refractivity contribution in [3.8, 4) is 5.75 Å². The molecule has 0 atom stereocenters. The summed E-state index contributed by atoms with van der Waals surface area (Å²) in [7, 11) is 0. The van der Waals surface area contributed by atoms with Gasteiger partial charge in [0.15, 0.2) is 0 Å². The van der Waals surface area contributed by atoms with Crippen molar-refractivity contribution >= 4 is 35.3 Å². The molecule has 0 aromatic heterocycles. The van der Waals surface area contributed by atoms with Crippen LogP contribution in [0.25, 0.3) is 0 Å². The predicted molar refractivity (Wildman–Crippen MR) is 132 cm³/mol. The van der Waals surface area contributed by atoms with Crippen LogP contribution >= 0.6 is 0 Å². The Morgan fingerprint density at radius 2 is 1.71 bits per heavy atom. The zero-order valence-electron chi connectivity index (χ0n) is 18.6. The molecule has 0 saturated heterocycles. The molecule has 0 radical (unpaired) electrons. The summed E-state index contributed by atoms with van der Waals surface area (Å²) in [5.74, 6) is -1.75. The molecule has 172 valence electrons. The van der Waals surface area contributed by atoms with Crippen molar-refractivity contribution in [3.63, 3.8) is 0 Å². The Hall–Kier alpha value is -4.72. The molecule has 3 N–H and O–H groups in total. The molecule has 3 rings (SSSR count). The summed E-state index contributed by atoms with van der Waals surface area (Å²) >= 11 is 0. The lowest BCUT2D eigenvalue weighted by atomic mass is 10.1. The zero-order valence-corrected chi connectivity index (χ0v) is 18.6. The van der Waals surface area contributed by atoms with Gasteiger partial charge in [0.05, 0.1) is 17.5 Å². The highest BCUT2D eigenvalue weighted by atomic mass is 16.5. The summed E-state index contributed by atoms with van der Waals surface area (Å²) in [5, 5.41) is 9.03. The number of nitrogens with one attached hydrogen (secondary N) is 3. The van der Waals surface area contributed by atoms with E-state index in [2.05, 4.69) is 27.7 Å². The van der Waals surface area contributed by atoms with Crippen LogP contribution in [0, 0.1) is 6.92 Å². The highest BCUT2D eigenvalue weighted by molar-refractivity contribution is 6.40. The van der Waals surface area contributed by atoms with Gasteiger partial charge in [-0.3, -0.25) is 14.4 Å². The molecule has 0 aliphatic heterocycles. The topological polar surface area (TPSA) is 109 Å². The standard InChI is InChI=1S/C26H24N4O4/c1-3-15-34-21-8-6-7-19(16-21)17-27-30-26(33)25(32)29-23-10-5-4-9-22(23)24(31)28-20-13-11-18(2)12-14-20/h3-14,16-17H,1,15H2,2H3,(H,28,31)(H,29,32)(H,30,33)/b27-17+. The largest absolute Gasteiger partial charge is 0.490 e. The van der Waals surface area contributed by atoms with Crippen molar-refractivity contribution in [2.24, 2.45) is 5.10 Å². The Balaban J connectivity index is 1.60. The fraction of sp³-hybridized carbons (Fsp3) is 0.0769. The summed E-state index contributed by atoms with van der Waals surface area (Å²) in [4.78, 5) is 37.2. The molecular formula is C26H24N4O4. The molecule has 0 spiro atoms. The number of nitrogens with zero attached hydrogens (tertiary/aromatic N) is 1. The number of rotatable bonds is 8. The lowest BCUT2D eigenvalue weighted by Crippen LogP contribution is -2.33. The number of carbonyl (C=O) groups excluding carboxylic acids is 3. The van der Waals surface area contributed by atoms with Gasteiger partial charge in [-0.2, -0.15) is 5.10 Å². The third-order valence-electron chi connectivity index (χ3n) is 4.54. The quantitative estimate of drug-likeness (QED) is 0.207. The molecule has 34 heavy (non-hydrogen) atoms. The second kappa shape index (κ2) is 11.8. The number of ether oxygens (including phenoxy) is 1. The third kappa shape index (κ3) is 6.89. The molecule has 0 unspecified atom stereocenters. The third-order valence-corrected chi connectivity index (χ3v) is 4.54. The minimum Gasteiger partial charge on any atom is -0.490 e. The van der Waals surface area contributed by atoms with Gasteiger partial charge in [-0.05, 0) is 48.9 Å². The van der Waals surface area contributed by atoms with Crippen LogP contribution in [0.3, 0.4) is 0 Å². The first-order valence-electron chi connectivity index (χ1n) is 10.4. The summed E-state index contributed by atoms with van der Waals surface area (Å²) in [6.45, 7) is 5.90. The van der Waals surface area contributed by atoms with E-state index < -0.39 is 17.7 Å². The van der Waals surface area contributed by atoms with Gasteiger partial charge in [0.2, 0.25) is 0 Å². The van der Waals surface area contributed by atoms with Crippen LogP contribution in [0.15, 0.2) is 90.6 Å². The second-order valence-corrected chi connectivity index (χ2v) is 7.19. The molecular weight excluding hydrogens is 432 g/mol. The smallest absolute Gasteiger partial charge is 0.329 e. The van der Waals surface area contributed by atoms with Crippen molar-refractivity contribution in [3.05, 3.63) is 102 Å². The Labute approximate surface area is 197 Å². The van der Waals surface area contributed by atoms with E-state index in [1.165, 1.54) is 12.3 Å². The molecule has 8 heteroatoms. The van der Waals surface area contributed by atoms with E-state index in [0.29, 0.717) is 23.6 Å². The van der Waals surface area contributed by atoms with Crippen molar-refractivity contribution in [1.82, 2.24) is 5.43 Å². The van der Waals surface area contributed by atoms with Gasteiger partial charge >= 0.3 is 11.8 Å². The van der Waals surface area contributed by atoms with Crippen LogP contribution in [-0.2, 0) is 9.59 Å². The van der Waals surface area contributed by atoms with Crippen molar-refractivity contribution < 1.29 is 19.1 Å². The molecule has 3 aromatic rings. The maximum Gasteiger partial charge on any atom is 0.329 e. The fourth-order valence-corrected chi connectivity index (χ4v) is 2.86. The summed E-state index contributed by atoms with van der Waals surface area (Å²) < 4.78 is 5.44. The Kier molecular flexibility index (Phi) is 8.29. The molecule has 3 amide bonds. The highest BCUT2D eigenvalue weighted by Crippen LogP contribution is 2.18. The van der Waals surface area contributed by atoms with Crippen molar-refractivity contribution in [2.75, 3.05) is 17.2 Å². The van der Waals surface area contributed by atoms with Gasteiger partial charge in [-0.15, -0.1) is 0 Å². The normalized spacial score (nSPS) is 10.4. The molecule has 0 bridgehead atoms. The van der Waals surface area contributed by atoms with Crippen LogP contribution in [0.4, 0.5) is 11.4 Å². The number of hydrazone groups is 1. The average Bonchev–Trinajstić information content (AvgIpc) is 2.84. The lowest BCUT2D eigenvalue weighted by Gasteiger charge is -2.11. The molecule has 0 aliphatic carbocycles. The SMILES string of the molecule is C=CCOc1cccc(/C=N/NC(=O)C(=O)Nc2ccccc2C(=O)Nc2ccc(C)cc2)c1.